The first-order valence-corrected chi connectivity index (χ1v) is 10.9. The average molecular weight is 447 g/mol. The molecule has 1 aromatic carbocycles. The molecule has 0 unspecified atom stereocenters. The molecular formula is C19H15ClN4O5S. The zero-order chi connectivity index (χ0) is 21.6. The summed E-state index contributed by atoms with van der Waals surface area (Å²) >= 11 is 6.00. The summed E-state index contributed by atoms with van der Waals surface area (Å²) in [5, 5.41) is 2.81. The summed E-state index contributed by atoms with van der Waals surface area (Å²) < 4.78 is 30.1. The Hall–Kier alpha value is -3.24. The third-order valence-corrected chi connectivity index (χ3v) is 5.21. The summed E-state index contributed by atoms with van der Waals surface area (Å²) in [7, 11) is -4.02. The number of hydrogen-bond acceptors (Lipinski definition) is 7. The number of H-pyrrole nitrogens is 1. The van der Waals surface area contributed by atoms with Gasteiger partial charge in [-0.05, 0) is 37.3 Å². The number of rotatable bonds is 4. The van der Waals surface area contributed by atoms with Gasteiger partial charge in [-0.2, -0.15) is 8.42 Å². The summed E-state index contributed by atoms with van der Waals surface area (Å²) in [4.78, 5) is 34.6. The molecule has 0 aliphatic heterocycles. The first kappa shape index (κ1) is 20.0. The molecule has 0 fully saturated rings. The first-order valence-electron chi connectivity index (χ1n) is 8.74. The fraction of sp³-hybridized carbons (Fsp3) is 0.158. The minimum atomic E-state index is -4.02. The highest BCUT2D eigenvalue weighted by atomic mass is 35.5. The standard InChI is InChI=1S/C19H15ClN4O5S/c1-10(13-5-3-4-8-21-13)24-19(26)15-16(18(25)23-24)22-14-9-11(20)6-7-12(14)17(15)29-30(2,27)28/h3-10H,1-2H3,(H,23,25)/t10-/m0/s1. The number of fused-ring (bicyclic) bond motifs is 2. The van der Waals surface area contributed by atoms with E-state index in [9.17, 15) is 18.0 Å². The van der Waals surface area contributed by atoms with E-state index in [1.54, 1.807) is 31.3 Å². The lowest BCUT2D eigenvalue weighted by molar-refractivity contribution is 0.494. The highest BCUT2D eigenvalue weighted by Gasteiger charge is 2.23. The second kappa shape index (κ2) is 7.22. The van der Waals surface area contributed by atoms with E-state index in [1.165, 1.54) is 18.2 Å². The number of aromatic amines is 1. The van der Waals surface area contributed by atoms with Gasteiger partial charge < -0.3 is 4.18 Å². The molecular weight excluding hydrogens is 432 g/mol. The normalized spacial score (nSPS) is 12.9. The second-order valence-electron chi connectivity index (χ2n) is 6.66. The van der Waals surface area contributed by atoms with Crippen molar-refractivity contribution in [2.45, 2.75) is 13.0 Å². The number of halogens is 1. The molecule has 0 saturated heterocycles. The molecule has 9 nitrogen and oxygen atoms in total. The summed E-state index contributed by atoms with van der Waals surface area (Å²) in [5.74, 6) is -0.271. The van der Waals surface area contributed by atoms with Gasteiger partial charge in [0, 0.05) is 16.6 Å². The lowest BCUT2D eigenvalue weighted by Crippen LogP contribution is -2.33. The summed E-state index contributed by atoms with van der Waals surface area (Å²) in [6.07, 6.45) is 2.41. The van der Waals surface area contributed by atoms with E-state index >= 15 is 0 Å². The topological polar surface area (TPSA) is 124 Å². The van der Waals surface area contributed by atoms with E-state index in [4.69, 9.17) is 15.8 Å². The minimum Gasteiger partial charge on any atom is -0.381 e. The van der Waals surface area contributed by atoms with Crippen LogP contribution in [-0.2, 0) is 10.1 Å². The zero-order valence-corrected chi connectivity index (χ0v) is 17.4. The quantitative estimate of drug-likeness (QED) is 0.376. The molecule has 1 atom stereocenters. The van der Waals surface area contributed by atoms with E-state index in [0.717, 1.165) is 10.9 Å². The summed E-state index contributed by atoms with van der Waals surface area (Å²) in [6, 6.07) is 8.98. The van der Waals surface area contributed by atoms with Crippen LogP contribution in [0.15, 0.2) is 52.2 Å². The van der Waals surface area contributed by atoms with Crippen molar-refractivity contribution in [3.8, 4) is 5.75 Å². The van der Waals surface area contributed by atoms with E-state index in [2.05, 4.69) is 15.1 Å². The Balaban J connectivity index is 2.13. The number of pyridine rings is 2. The molecule has 4 rings (SSSR count). The van der Waals surface area contributed by atoms with Crippen LogP contribution in [0.3, 0.4) is 0 Å². The number of nitrogens with zero attached hydrogens (tertiary/aromatic N) is 3. The van der Waals surface area contributed by atoms with Gasteiger partial charge in [0.15, 0.2) is 5.75 Å². The Morgan fingerprint density at radius 3 is 2.63 bits per heavy atom. The highest BCUT2D eigenvalue weighted by molar-refractivity contribution is 7.86. The molecule has 0 bridgehead atoms. The van der Waals surface area contributed by atoms with Crippen molar-refractivity contribution in [2.24, 2.45) is 0 Å². The molecule has 3 aromatic heterocycles. The predicted molar refractivity (Wildman–Crippen MR) is 113 cm³/mol. The Morgan fingerprint density at radius 1 is 1.20 bits per heavy atom. The van der Waals surface area contributed by atoms with Gasteiger partial charge in [-0.25, -0.2) is 9.67 Å². The Bertz CT molecular complexity index is 1510. The van der Waals surface area contributed by atoms with Crippen LogP contribution in [0.5, 0.6) is 5.75 Å². The molecule has 0 aliphatic rings. The SMILES string of the molecule is C[C@@H](c1ccccn1)n1[nH]c(=O)c2nc3cc(Cl)ccc3c(OS(C)(=O)=O)c2c1=O. The molecule has 1 N–H and O–H groups in total. The Kier molecular flexibility index (Phi) is 4.83. The fourth-order valence-corrected chi connectivity index (χ4v) is 3.81. The van der Waals surface area contributed by atoms with E-state index in [0.29, 0.717) is 10.7 Å². The first-order chi connectivity index (χ1) is 14.2. The zero-order valence-electron chi connectivity index (χ0n) is 15.8. The van der Waals surface area contributed by atoms with E-state index < -0.39 is 27.3 Å². The molecule has 0 saturated carbocycles. The minimum absolute atomic E-state index is 0.217. The number of nitrogens with one attached hydrogen (secondary N) is 1. The maximum atomic E-state index is 13.3. The number of benzene rings is 1. The largest absolute Gasteiger partial charge is 0.381 e. The lowest BCUT2D eigenvalue weighted by atomic mass is 10.1. The Labute approximate surface area is 175 Å². The number of aromatic nitrogens is 4. The van der Waals surface area contributed by atoms with Crippen LogP contribution in [0.2, 0.25) is 5.02 Å². The fourth-order valence-electron chi connectivity index (χ4n) is 3.17. The van der Waals surface area contributed by atoms with Crippen LogP contribution < -0.4 is 15.3 Å². The molecule has 3 heterocycles. The van der Waals surface area contributed by atoms with Crippen LogP contribution in [0.25, 0.3) is 21.8 Å². The predicted octanol–water partition coefficient (Wildman–Crippen LogP) is 2.23. The molecule has 0 amide bonds. The second-order valence-corrected chi connectivity index (χ2v) is 8.67. The smallest absolute Gasteiger partial charge is 0.306 e. The van der Waals surface area contributed by atoms with Crippen LogP contribution >= 0.6 is 11.6 Å². The maximum Gasteiger partial charge on any atom is 0.306 e. The number of hydrogen-bond donors (Lipinski definition) is 1. The molecule has 0 radical (unpaired) electrons. The van der Waals surface area contributed by atoms with Crippen molar-refractivity contribution in [1.29, 1.82) is 0 Å². The van der Waals surface area contributed by atoms with Crippen LogP contribution in [0.4, 0.5) is 0 Å². The van der Waals surface area contributed by atoms with Crippen molar-refractivity contribution >= 4 is 43.5 Å². The van der Waals surface area contributed by atoms with Crippen molar-refractivity contribution in [1.82, 2.24) is 19.7 Å². The van der Waals surface area contributed by atoms with Gasteiger partial charge in [0.1, 0.15) is 10.9 Å². The summed E-state index contributed by atoms with van der Waals surface area (Å²) in [6.45, 7) is 1.68. The van der Waals surface area contributed by atoms with Crippen molar-refractivity contribution in [2.75, 3.05) is 6.26 Å². The third kappa shape index (κ3) is 3.55. The molecule has 0 spiro atoms. The van der Waals surface area contributed by atoms with Crippen molar-refractivity contribution in [3.05, 3.63) is 74.0 Å². The molecule has 11 heteroatoms. The monoisotopic (exact) mass is 446 g/mol. The van der Waals surface area contributed by atoms with Crippen molar-refractivity contribution < 1.29 is 12.6 Å². The Morgan fingerprint density at radius 2 is 1.97 bits per heavy atom. The van der Waals surface area contributed by atoms with Crippen LogP contribution in [0, 0.1) is 0 Å². The van der Waals surface area contributed by atoms with Crippen LogP contribution in [0.1, 0.15) is 18.7 Å². The van der Waals surface area contributed by atoms with Gasteiger partial charge in [-0.15, -0.1) is 0 Å². The van der Waals surface area contributed by atoms with Crippen LogP contribution in [-0.4, -0.2) is 34.4 Å². The van der Waals surface area contributed by atoms with Gasteiger partial charge in [-0.3, -0.25) is 19.7 Å². The third-order valence-electron chi connectivity index (χ3n) is 4.51. The molecule has 4 aromatic rings. The van der Waals surface area contributed by atoms with E-state index in [-0.39, 0.29) is 27.6 Å². The lowest BCUT2D eigenvalue weighted by Gasteiger charge is -2.16. The molecule has 30 heavy (non-hydrogen) atoms. The highest BCUT2D eigenvalue weighted by Crippen LogP contribution is 2.32. The average Bonchev–Trinajstić information content (AvgIpc) is 2.69. The molecule has 154 valence electrons. The van der Waals surface area contributed by atoms with Gasteiger partial charge in [0.05, 0.1) is 23.5 Å². The van der Waals surface area contributed by atoms with Crippen molar-refractivity contribution in [3.63, 3.8) is 0 Å². The summed E-state index contributed by atoms with van der Waals surface area (Å²) in [5.41, 5.74) is -0.869. The van der Waals surface area contributed by atoms with Gasteiger partial charge >= 0.3 is 10.1 Å². The van der Waals surface area contributed by atoms with Gasteiger partial charge in [-0.1, -0.05) is 17.7 Å². The van der Waals surface area contributed by atoms with E-state index in [1.807, 2.05) is 0 Å². The van der Waals surface area contributed by atoms with Gasteiger partial charge in [0.2, 0.25) is 0 Å². The molecule has 0 aliphatic carbocycles. The maximum absolute atomic E-state index is 13.3. The van der Waals surface area contributed by atoms with Gasteiger partial charge in [0.25, 0.3) is 11.1 Å².